The minimum Gasteiger partial charge on any atom is -0.480 e. The van der Waals surface area contributed by atoms with Crippen LogP contribution >= 0.6 is 7.37 Å². The Morgan fingerprint density at radius 2 is 2.08 bits per heavy atom. The van der Waals surface area contributed by atoms with Gasteiger partial charge in [-0.1, -0.05) is 30.3 Å². The molecule has 0 spiro atoms. The van der Waals surface area contributed by atoms with Crippen molar-refractivity contribution >= 4 is 19.2 Å². The molecule has 8 heteroatoms. The van der Waals surface area contributed by atoms with Crippen LogP contribution < -0.4 is 5.73 Å². The number of nitrogens with zero attached hydrogens (tertiary/aromatic N) is 1. The Kier molecular flexibility index (Phi) is 7.38. The van der Waals surface area contributed by atoms with Gasteiger partial charge in [-0.3, -0.25) is 9.36 Å². The van der Waals surface area contributed by atoms with E-state index in [9.17, 15) is 19.3 Å². The SMILES string of the molecule is CCOP(=O)(CC(=O)N1CCC[C@H]1C(=O)O)C(N)CCc1ccccc1. The minimum absolute atomic E-state index is 0.186. The molecular formula is C18H27N2O5P. The maximum Gasteiger partial charge on any atom is 0.326 e. The molecule has 1 aliphatic rings. The largest absolute Gasteiger partial charge is 0.480 e. The van der Waals surface area contributed by atoms with E-state index < -0.39 is 31.1 Å². The van der Waals surface area contributed by atoms with Crippen molar-refractivity contribution in [3.05, 3.63) is 35.9 Å². The summed E-state index contributed by atoms with van der Waals surface area (Å²) in [6, 6.07) is 8.84. The number of nitrogens with two attached hydrogens (primary N) is 1. The third kappa shape index (κ3) is 5.16. The summed E-state index contributed by atoms with van der Waals surface area (Å²) in [6.45, 7) is 2.25. The number of carbonyl (C=O) groups excluding carboxylic acids is 1. The topological polar surface area (TPSA) is 110 Å². The van der Waals surface area contributed by atoms with Gasteiger partial charge in [-0.15, -0.1) is 0 Å². The predicted molar refractivity (Wildman–Crippen MR) is 99.2 cm³/mol. The molecule has 1 fully saturated rings. The van der Waals surface area contributed by atoms with Crippen LogP contribution in [0.1, 0.15) is 31.7 Å². The monoisotopic (exact) mass is 382 g/mol. The number of hydrogen-bond acceptors (Lipinski definition) is 5. The normalized spacial score (nSPS) is 20.5. The predicted octanol–water partition coefficient (Wildman–Crippen LogP) is 2.29. The lowest BCUT2D eigenvalue weighted by atomic mass is 10.1. The molecule has 26 heavy (non-hydrogen) atoms. The lowest BCUT2D eigenvalue weighted by molar-refractivity contribution is -0.147. The van der Waals surface area contributed by atoms with Gasteiger partial charge in [0.1, 0.15) is 12.2 Å². The fourth-order valence-electron chi connectivity index (χ4n) is 3.23. The molecule has 1 saturated heterocycles. The molecular weight excluding hydrogens is 355 g/mol. The van der Waals surface area contributed by atoms with E-state index in [1.165, 1.54) is 4.90 Å². The Morgan fingerprint density at radius 3 is 2.69 bits per heavy atom. The molecule has 0 radical (unpaired) electrons. The number of carbonyl (C=O) groups is 2. The lowest BCUT2D eigenvalue weighted by Crippen LogP contribution is -2.42. The summed E-state index contributed by atoms with van der Waals surface area (Å²) in [4.78, 5) is 25.2. The van der Waals surface area contributed by atoms with E-state index in [1.807, 2.05) is 30.3 Å². The first-order valence-electron chi connectivity index (χ1n) is 8.92. The van der Waals surface area contributed by atoms with Crippen LogP contribution in [0.4, 0.5) is 0 Å². The highest BCUT2D eigenvalue weighted by Crippen LogP contribution is 2.51. The number of aliphatic carboxylic acids is 1. The van der Waals surface area contributed by atoms with Crippen LogP contribution in [0.25, 0.3) is 0 Å². The summed E-state index contributed by atoms with van der Waals surface area (Å²) in [5.74, 6) is -2.25. The van der Waals surface area contributed by atoms with Crippen molar-refractivity contribution in [3.63, 3.8) is 0 Å². The standard InChI is InChI=1S/C18H27N2O5P/c1-2-25-26(24,16(19)11-10-14-7-4-3-5-8-14)13-17(21)20-12-6-9-15(20)18(22)23/h3-5,7-8,15-16H,2,6,9-13,19H2,1H3,(H,22,23)/t15-,16?,26?/m0/s1. The molecule has 144 valence electrons. The van der Waals surface area contributed by atoms with Crippen LogP contribution in [0.5, 0.6) is 0 Å². The first-order chi connectivity index (χ1) is 12.4. The highest BCUT2D eigenvalue weighted by atomic mass is 31.2. The van der Waals surface area contributed by atoms with Gasteiger partial charge in [-0.2, -0.15) is 0 Å². The summed E-state index contributed by atoms with van der Waals surface area (Å²) in [5.41, 5.74) is 7.22. The number of carboxylic acids is 1. The van der Waals surface area contributed by atoms with E-state index in [2.05, 4.69) is 0 Å². The van der Waals surface area contributed by atoms with Gasteiger partial charge in [0, 0.05) is 6.54 Å². The zero-order valence-electron chi connectivity index (χ0n) is 15.0. The number of likely N-dealkylation sites (tertiary alicyclic amines) is 1. The third-order valence-electron chi connectivity index (χ3n) is 4.64. The Balaban J connectivity index is 2.03. The molecule has 1 aliphatic heterocycles. The Hall–Kier alpha value is -1.69. The molecule has 1 heterocycles. The number of carboxylic acid groups (broad SMARTS) is 1. The summed E-state index contributed by atoms with van der Waals surface area (Å²) < 4.78 is 18.7. The minimum atomic E-state index is -3.42. The van der Waals surface area contributed by atoms with Gasteiger partial charge in [0.25, 0.3) is 0 Å². The fourth-order valence-corrected chi connectivity index (χ4v) is 5.27. The van der Waals surface area contributed by atoms with E-state index in [1.54, 1.807) is 6.92 Å². The van der Waals surface area contributed by atoms with Gasteiger partial charge in [-0.25, -0.2) is 4.79 Å². The van der Waals surface area contributed by atoms with Crippen molar-refractivity contribution in [1.82, 2.24) is 4.90 Å². The van der Waals surface area contributed by atoms with Crippen molar-refractivity contribution in [2.45, 2.75) is 44.4 Å². The van der Waals surface area contributed by atoms with Gasteiger partial charge in [0.2, 0.25) is 13.3 Å². The van der Waals surface area contributed by atoms with Gasteiger partial charge in [0.05, 0.1) is 12.4 Å². The van der Waals surface area contributed by atoms with Gasteiger partial charge in [0.15, 0.2) is 0 Å². The molecule has 7 nitrogen and oxygen atoms in total. The van der Waals surface area contributed by atoms with Crippen molar-refractivity contribution in [2.75, 3.05) is 19.3 Å². The fraction of sp³-hybridized carbons (Fsp3) is 0.556. The highest BCUT2D eigenvalue weighted by Gasteiger charge is 2.40. The second kappa shape index (κ2) is 9.31. The van der Waals surface area contributed by atoms with Crippen LogP contribution in [-0.2, 0) is 25.1 Å². The Morgan fingerprint density at radius 1 is 1.38 bits per heavy atom. The van der Waals surface area contributed by atoms with Gasteiger partial charge in [-0.05, 0) is 38.2 Å². The molecule has 3 N–H and O–H groups in total. The average molecular weight is 382 g/mol. The number of rotatable bonds is 9. The molecule has 0 aromatic heterocycles. The molecule has 2 unspecified atom stereocenters. The van der Waals surface area contributed by atoms with Crippen molar-refractivity contribution < 1.29 is 23.8 Å². The Bertz CT molecular complexity index is 667. The van der Waals surface area contributed by atoms with E-state index >= 15 is 0 Å². The highest BCUT2D eigenvalue weighted by molar-refractivity contribution is 7.60. The van der Waals surface area contributed by atoms with E-state index in [0.717, 1.165) is 5.56 Å². The molecule has 3 atom stereocenters. The quantitative estimate of drug-likeness (QED) is 0.634. The molecule has 0 bridgehead atoms. The zero-order chi connectivity index (χ0) is 19.2. The molecule has 1 amide bonds. The van der Waals surface area contributed by atoms with Crippen LogP contribution in [0.3, 0.4) is 0 Å². The second-order valence-electron chi connectivity index (χ2n) is 6.48. The van der Waals surface area contributed by atoms with E-state index in [-0.39, 0.29) is 12.8 Å². The number of amides is 1. The zero-order valence-corrected chi connectivity index (χ0v) is 15.9. The van der Waals surface area contributed by atoms with Crippen LogP contribution in [-0.4, -0.2) is 53.0 Å². The smallest absolute Gasteiger partial charge is 0.326 e. The number of hydrogen-bond donors (Lipinski definition) is 2. The second-order valence-corrected chi connectivity index (χ2v) is 9.17. The first kappa shape index (κ1) is 20.6. The Labute approximate surface area is 154 Å². The van der Waals surface area contributed by atoms with Crippen LogP contribution in [0, 0.1) is 0 Å². The van der Waals surface area contributed by atoms with Gasteiger partial charge < -0.3 is 20.3 Å². The van der Waals surface area contributed by atoms with E-state index in [0.29, 0.717) is 32.2 Å². The van der Waals surface area contributed by atoms with Crippen molar-refractivity contribution in [2.24, 2.45) is 5.73 Å². The maximum atomic E-state index is 13.2. The van der Waals surface area contributed by atoms with Gasteiger partial charge >= 0.3 is 5.97 Å². The number of aryl methyl sites for hydroxylation is 1. The van der Waals surface area contributed by atoms with Crippen LogP contribution in [0.15, 0.2) is 30.3 Å². The summed E-state index contributed by atoms with van der Waals surface area (Å²) >= 11 is 0. The third-order valence-corrected chi connectivity index (χ3v) is 7.31. The molecule has 0 aliphatic carbocycles. The first-order valence-corrected chi connectivity index (χ1v) is 10.8. The van der Waals surface area contributed by atoms with Crippen LogP contribution in [0.2, 0.25) is 0 Å². The summed E-state index contributed by atoms with van der Waals surface area (Å²) in [5, 5.41) is 9.23. The summed E-state index contributed by atoms with van der Waals surface area (Å²) in [7, 11) is -3.42. The van der Waals surface area contributed by atoms with Crippen molar-refractivity contribution in [3.8, 4) is 0 Å². The molecule has 1 aromatic carbocycles. The molecule has 2 rings (SSSR count). The average Bonchev–Trinajstić information content (AvgIpc) is 3.11. The number of benzene rings is 1. The maximum absolute atomic E-state index is 13.2. The van der Waals surface area contributed by atoms with E-state index in [4.69, 9.17) is 10.3 Å². The molecule has 1 aromatic rings. The molecule has 0 saturated carbocycles. The lowest BCUT2D eigenvalue weighted by Gasteiger charge is -2.27. The van der Waals surface area contributed by atoms with Crippen molar-refractivity contribution in [1.29, 1.82) is 0 Å². The summed E-state index contributed by atoms with van der Waals surface area (Å²) in [6.07, 6.45) is 1.76.